The van der Waals surface area contributed by atoms with Crippen LogP contribution in [0.15, 0.2) is 0 Å². The van der Waals surface area contributed by atoms with Crippen molar-refractivity contribution in [1.29, 1.82) is 0 Å². The Hall–Kier alpha value is -2.16. The van der Waals surface area contributed by atoms with Crippen LogP contribution in [0.1, 0.15) is 20.3 Å². The Balaban J connectivity index is 4.75. The van der Waals surface area contributed by atoms with Gasteiger partial charge in [0.15, 0.2) is 0 Å². The number of ether oxygens (including phenoxy) is 1. The fraction of sp³-hybridized carbons (Fsp3) is 0.667. The number of esters is 1. The fourth-order valence-electron chi connectivity index (χ4n) is 1.58. The van der Waals surface area contributed by atoms with Gasteiger partial charge < -0.3 is 21.5 Å². The lowest BCUT2D eigenvalue weighted by Crippen LogP contribution is -2.55. The average Bonchev–Trinajstić information content (AvgIpc) is 2.36. The summed E-state index contributed by atoms with van der Waals surface area (Å²) in [5, 5.41) is 5.05. The maximum absolute atomic E-state index is 12.1. The van der Waals surface area contributed by atoms with E-state index in [-0.39, 0.29) is 18.9 Å². The number of amides is 3. The molecule has 0 fully saturated rings. The Bertz CT molecular complexity index is 410. The molecule has 9 nitrogen and oxygen atoms in total. The molecule has 120 valence electrons. The highest BCUT2D eigenvalue weighted by Gasteiger charge is 2.27. The summed E-state index contributed by atoms with van der Waals surface area (Å²) in [7, 11) is 1.23. The molecule has 0 aromatic rings. The van der Waals surface area contributed by atoms with E-state index in [1.807, 2.05) is 0 Å². The number of methoxy groups -OCH3 is 1. The van der Waals surface area contributed by atoms with Crippen molar-refractivity contribution in [2.75, 3.05) is 13.7 Å². The van der Waals surface area contributed by atoms with Crippen LogP contribution in [-0.4, -0.2) is 49.4 Å². The molecule has 0 bridgehead atoms. The molecule has 0 aliphatic heterocycles. The molecular weight excluding hydrogens is 280 g/mol. The minimum absolute atomic E-state index is 0.163. The van der Waals surface area contributed by atoms with Crippen LogP contribution in [0.25, 0.3) is 0 Å². The van der Waals surface area contributed by atoms with E-state index in [0.717, 1.165) is 0 Å². The molecule has 0 rings (SSSR count). The monoisotopic (exact) mass is 302 g/mol. The van der Waals surface area contributed by atoms with E-state index in [1.165, 1.54) is 7.11 Å². The lowest BCUT2D eigenvalue weighted by atomic mass is 10.0. The van der Waals surface area contributed by atoms with Crippen LogP contribution in [0, 0.1) is 5.92 Å². The maximum Gasteiger partial charge on any atom is 0.319 e. The number of nitrogens with two attached hydrogens (primary N) is 2. The quantitative estimate of drug-likeness (QED) is 0.349. The number of carbonyl (C=O) groups excluding carboxylic acids is 4. The molecular formula is C12H22N4O5. The van der Waals surface area contributed by atoms with Gasteiger partial charge in [-0.05, 0) is 5.92 Å². The number of rotatable bonds is 9. The van der Waals surface area contributed by atoms with Gasteiger partial charge in [-0.15, -0.1) is 0 Å². The summed E-state index contributed by atoms with van der Waals surface area (Å²) in [4.78, 5) is 45.2. The topological polar surface area (TPSA) is 154 Å². The molecule has 0 radical (unpaired) electrons. The molecule has 0 spiro atoms. The highest BCUT2D eigenvalue weighted by molar-refractivity contribution is 5.92. The molecule has 0 saturated heterocycles. The van der Waals surface area contributed by atoms with Gasteiger partial charge in [-0.2, -0.15) is 0 Å². The van der Waals surface area contributed by atoms with Crippen molar-refractivity contribution in [2.45, 2.75) is 32.4 Å². The van der Waals surface area contributed by atoms with Crippen molar-refractivity contribution >= 4 is 23.7 Å². The first kappa shape index (κ1) is 18.8. The Labute approximate surface area is 122 Å². The van der Waals surface area contributed by atoms with Crippen molar-refractivity contribution in [2.24, 2.45) is 17.4 Å². The van der Waals surface area contributed by atoms with Gasteiger partial charge in [0.2, 0.25) is 17.7 Å². The third-order valence-electron chi connectivity index (χ3n) is 2.71. The zero-order valence-electron chi connectivity index (χ0n) is 12.3. The van der Waals surface area contributed by atoms with Gasteiger partial charge in [0.05, 0.1) is 26.1 Å². The molecule has 0 aliphatic rings. The standard InChI is InChI=1S/C12H22N4O5/c1-6(2)10(15-5-9(18)21-3)12(20)16-7(11(14)19)4-8(13)17/h6-7,10,15H,4-5H2,1-3H3,(H2,13,17)(H2,14,19)(H,16,20)/t7-,10-/m0/s1. The van der Waals surface area contributed by atoms with Crippen LogP contribution in [0.3, 0.4) is 0 Å². The van der Waals surface area contributed by atoms with Crippen LogP contribution in [0.5, 0.6) is 0 Å². The smallest absolute Gasteiger partial charge is 0.319 e. The minimum Gasteiger partial charge on any atom is -0.468 e. The summed E-state index contributed by atoms with van der Waals surface area (Å²) >= 11 is 0. The summed E-state index contributed by atoms with van der Waals surface area (Å²) in [6.07, 6.45) is -0.386. The van der Waals surface area contributed by atoms with E-state index in [4.69, 9.17) is 11.5 Å². The first-order chi connectivity index (χ1) is 9.68. The van der Waals surface area contributed by atoms with Crippen molar-refractivity contribution in [1.82, 2.24) is 10.6 Å². The van der Waals surface area contributed by atoms with E-state index in [2.05, 4.69) is 15.4 Å². The molecule has 9 heteroatoms. The zero-order chi connectivity index (χ0) is 16.6. The van der Waals surface area contributed by atoms with Gasteiger partial charge in [0, 0.05) is 0 Å². The highest BCUT2D eigenvalue weighted by Crippen LogP contribution is 2.03. The van der Waals surface area contributed by atoms with E-state index in [0.29, 0.717) is 0 Å². The van der Waals surface area contributed by atoms with Gasteiger partial charge in [-0.3, -0.25) is 24.5 Å². The van der Waals surface area contributed by atoms with Crippen molar-refractivity contribution in [3.63, 3.8) is 0 Å². The molecule has 6 N–H and O–H groups in total. The third kappa shape index (κ3) is 7.25. The first-order valence-corrected chi connectivity index (χ1v) is 6.37. The zero-order valence-corrected chi connectivity index (χ0v) is 12.3. The second-order valence-electron chi connectivity index (χ2n) is 4.81. The summed E-state index contributed by atoms with van der Waals surface area (Å²) in [5.74, 6) is -2.88. The summed E-state index contributed by atoms with van der Waals surface area (Å²) < 4.78 is 4.46. The normalized spacial score (nSPS) is 13.3. The molecule has 0 aromatic heterocycles. The van der Waals surface area contributed by atoms with Gasteiger partial charge in [-0.1, -0.05) is 13.8 Å². The molecule has 2 atom stereocenters. The highest BCUT2D eigenvalue weighted by atomic mass is 16.5. The summed E-state index contributed by atoms with van der Waals surface area (Å²) in [6.45, 7) is 3.34. The van der Waals surface area contributed by atoms with Crippen LogP contribution in [0.4, 0.5) is 0 Å². The average molecular weight is 302 g/mol. The van der Waals surface area contributed by atoms with E-state index in [9.17, 15) is 19.2 Å². The van der Waals surface area contributed by atoms with Gasteiger partial charge >= 0.3 is 5.97 Å². The van der Waals surface area contributed by atoms with Crippen LogP contribution < -0.4 is 22.1 Å². The number of nitrogens with one attached hydrogen (secondary N) is 2. The summed E-state index contributed by atoms with van der Waals surface area (Å²) in [6, 6.07) is -1.94. The van der Waals surface area contributed by atoms with Gasteiger partial charge in [0.25, 0.3) is 0 Å². The molecule has 0 aliphatic carbocycles. The number of primary amides is 2. The van der Waals surface area contributed by atoms with E-state index >= 15 is 0 Å². The summed E-state index contributed by atoms with van der Waals surface area (Å²) in [5.41, 5.74) is 10.1. The first-order valence-electron chi connectivity index (χ1n) is 6.37. The van der Waals surface area contributed by atoms with Crippen molar-refractivity contribution in [3.05, 3.63) is 0 Å². The Morgan fingerprint density at radius 2 is 1.71 bits per heavy atom. The van der Waals surface area contributed by atoms with Gasteiger partial charge in [-0.25, -0.2) is 0 Å². The van der Waals surface area contributed by atoms with Crippen LogP contribution in [0.2, 0.25) is 0 Å². The lowest BCUT2D eigenvalue weighted by Gasteiger charge is -2.23. The molecule has 0 aromatic carbocycles. The number of hydrogen-bond donors (Lipinski definition) is 4. The fourth-order valence-corrected chi connectivity index (χ4v) is 1.58. The molecule has 0 unspecified atom stereocenters. The van der Waals surface area contributed by atoms with E-state index in [1.54, 1.807) is 13.8 Å². The van der Waals surface area contributed by atoms with Crippen LogP contribution >= 0.6 is 0 Å². The maximum atomic E-state index is 12.1. The number of carbonyl (C=O) groups is 4. The van der Waals surface area contributed by atoms with Gasteiger partial charge in [0.1, 0.15) is 6.04 Å². The minimum atomic E-state index is -1.18. The predicted octanol–water partition coefficient (Wildman–Crippen LogP) is -2.38. The van der Waals surface area contributed by atoms with Crippen LogP contribution in [-0.2, 0) is 23.9 Å². The van der Waals surface area contributed by atoms with Crippen molar-refractivity contribution in [3.8, 4) is 0 Å². The molecule has 21 heavy (non-hydrogen) atoms. The lowest BCUT2D eigenvalue weighted by molar-refractivity contribution is -0.140. The number of hydrogen-bond acceptors (Lipinski definition) is 6. The molecule has 0 saturated carbocycles. The second kappa shape index (κ2) is 8.90. The second-order valence-corrected chi connectivity index (χ2v) is 4.81. The SMILES string of the molecule is COC(=O)CN[C@H](C(=O)N[C@@H](CC(N)=O)C(N)=O)C(C)C. The Morgan fingerprint density at radius 1 is 1.14 bits per heavy atom. The molecule has 3 amide bonds. The Morgan fingerprint density at radius 3 is 2.10 bits per heavy atom. The Kier molecular flexibility index (Phi) is 7.99. The third-order valence-corrected chi connectivity index (χ3v) is 2.71. The largest absolute Gasteiger partial charge is 0.468 e. The predicted molar refractivity (Wildman–Crippen MR) is 73.6 cm³/mol. The molecule has 0 heterocycles. The van der Waals surface area contributed by atoms with E-state index < -0.39 is 35.8 Å². The van der Waals surface area contributed by atoms with Crippen molar-refractivity contribution < 1.29 is 23.9 Å².